The van der Waals surface area contributed by atoms with Crippen molar-refractivity contribution in [2.45, 2.75) is 0 Å². The SMILES string of the molecule is O=C(NC(=S)Nc1ccc(-c2nc3ccccc3[nH]2)cc1)c1ccc(F)cc1. The summed E-state index contributed by atoms with van der Waals surface area (Å²) in [5, 5.41) is 5.68. The first-order valence-corrected chi connectivity index (χ1v) is 8.92. The predicted octanol–water partition coefficient (Wildman–Crippen LogP) is 4.50. The Kier molecular flexibility index (Phi) is 4.82. The average molecular weight is 390 g/mol. The predicted molar refractivity (Wildman–Crippen MR) is 112 cm³/mol. The number of anilines is 1. The van der Waals surface area contributed by atoms with Crippen LogP contribution in [0.5, 0.6) is 0 Å². The van der Waals surface area contributed by atoms with Crippen LogP contribution in [-0.2, 0) is 0 Å². The molecule has 3 N–H and O–H groups in total. The number of thiocarbonyl (C=S) groups is 1. The molecule has 138 valence electrons. The Labute approximate surface area is 165 Å². The number of nitrogens with zero attached hydrogens (tertiary/aromatic N) is 1. The van der Waals surface area contributed by atoms with E-state index in [4.69, 9.17) is 12.2 Å². The number of H-pyrrole nitrogens is 1. The molecule has 4 rings (SSSR count). The summed E-state index contributed by atoms with van der Waals surface area (Å²) >= 11 is 5.17. The zero-order chi connectivity index (χ0) is 19.5. The molecule has 3 aromatic carbocycles. The van der Waals surface area contributed by atoms with Crippen molar-refractivity contribution in [3.05, 3.63) is 84.2 Å². The number of carbonyl (C=O) groups excluding carboxylic acids is 1. The normalized spacial score (nSPS) is 10.6. The van der Waals surface area contributed by atoms with Gasteiger partial charge in [-0.3, -0.25) is 10.1 Å². The quantitative estimate of drug-likeness (QED) is 0.451. The number of amides is 1. The van der Waals surface area contributed by atoms with Crippen molar-refractivity contribution in [1.82, 2.24) is 15.3 Å². The maximum atomic E-state index is 12.9. The molecule has 0 fully saturated rings. The van der Waals surface area contributed by atoms with E-state index in [1.165, 1.54) is 24.3 Å². The van der Waals surface area contributed by atoms with Gasteiger partial charge in [-0.15, -0.1) is 0 Å². The van der Waals surface area contributed by atoms with E-state index >= 15 is 0 Å². The zero-order valence-electron chi connectivity index (χ0n) is 14.6. The van der Waals surface area contributed by atoms with E-state index in [-0.39, 0.29) is 5.11 Å². The number of aromatic nitrogens is 2. The van der Waals surface area contributed by atoms with Crippen LogP contribution in [0.25, 0.3) is 22.4 Å². The molecular formula is C21H15FN4OS. The van der Waals surface area contributed by atoms with Crippen LogP contribution >= 0.6 is 12.2 Å². The van der Waals surface area contributed by atoms with Gasteiger partial charge in [0.1, 0.15) is 11.6 Å². The van der Waals surface area contributed by atoms with Gasteiger partial charge in [0.15, 0.2) is 5.11 Å². The minimum Gasteiger partial charge on any atom is -0.338 e. The number of hydrogen-bond acceptors (Lipinski definition) is 3. The van der Waals surface area contributed by atoms with Crippen LogP contribution in [-0.4, -0.2) is 21.0 Å². The fraction of sp³-hybridized carbons (Fsp3) is 0. The molecule has 0 radical (unpaired) electrons. The fourth-order valence-corrected chi connectivity index (χ4v) is 2.95. The van der Waals surface area contributed by atoms with Crippen LogP contribution in [0.15, 0.2) is 72.8 Å². The van der Waals surface area contributed by atoms with E-state index < -0.39 is 11.7 Å². The van der Waals surface area contributed by atoms with Gasteiger partial charge in [-0.1, -0.05) is 12.1 Å². The monoisotopic (exact) mass is 390 g/mol. The first-order chi connectivity index (χ1) is 13.6. The molecule has 0 aliphatic heterocycles. The number of carbonyl (C=O) groups is 1. The number of hydrogen-bond donors (Lipinski definition) is 3. The number of rotatable bonds is 3. The van der Waals surface area contributed by atoms with Gasteiger partial charge in [0.25, 0.3) is 5.91 Å². The second-order valence-electron chi connectivity index (χ2n) is 6.10. The maximum Gasteiger partial charge on any atom is 0.257 e. The molecule has 0 spiro atoms. The summed E-state index contributed by atoms with van der Waals surface area (Å²) in [7, 11) is 0. The summed E-state index contributed by atoms with van der Waals surface area (Å²) < 4.78 is 12.9. The Morgan fingerprint density at radius 1 is 0.964 bits per heavy atom. The fourth-order valence-electron chi connectivity index (χ4n) is 2.74. The van der Waals surface area contributed by atoms with Crippen molar-refractivity contribution in [1.29, 1.82) is 0 Å². The molecule has 0 saturated carbocycles. The van der Waals surface area contributed by atoms with Crippen molar-refractivity contribution >= 4 is 40.0 Å². The first-order valence-electron chi connectivity index (χ1n) is 8.51. The lowest BCUT2D eigenvalue weighted by Crippen LogP contribution is -2.34. The smallest absolute Gasteiger partial charge is 0.257 e. The van der Waals surface area contributed by atoms with Gasteiger partial charge in [-0.2, -0.15) is 0 Å². The number of benzene rings is 3. The molecule has 1 amide bonds. The lowest BCUT2D eigenvalue weighted by atomic mass is 10.2. The number of fused-ring (bicyclic) bond motifs is 1. The molecule has 1 heterocycles. The van der Waals surface area contributed by atoms with Gasteiger partial charge in [0.05, 0.1) is 11.0 Å². The maximum absolute atomic E-state index is 12.9. The summed E-state index contributed by atoms with van der Waals surface area (Å²) in [5.41, 5.74) is 3.87. The lowest BCUT2D eigenvalue weighted by Gasteiger charge is -2.10. The van der Waals surface area contributed by atoms with Crippen molar-refractivity contribution in [3.63, 3.8) is 0 Å². The minimum absolute atomic E-state index is 0.158. The molecule has 28 heavy (non-hydrogen) atoms. The molecule has 4 aromatic rings. The van der Waals surface area contributed by atoms with Gasteiger partial charge >= 0.3 is 0 Å². The Bertz CT molecular complexity index is 1120. The van der Waals surface area contributed by atoms with E-state index in [0.29, 0.717) is 5.56 Å². The van der Waals surface area contributed by atoms with E-state index in [1.54, 1.807) is 0 Å². The largest absolute Gasteiger partial charge is 0.338 e. The second-order valence-corrected chi connectivity index (χ2v) is 6.50. The number of nitrogens with one attached hydrogen (secondary N) is 3. The van der Waals surface area contributed by atoms with E-state index in [0.717, 1.165) is 28.1 Å². The summed E-state index contributed by atoms with van der Waals surface area (Å²) in [6.07, 6.45) is 0. The lowest BCUT2D eigenvalue weighted by molar-refractivity contribution is 0.0977. The number of halogens is 1. The van der Waals surface area contributed by atoms with Crippen LogP contribution in [0.3, 0.4) is 0 Å². The average Bonchev–Trinajstić information content (AvgIpc) is 3.13. The van der Waals surface area contributed by atoms with Crippen LogP contribution in [0.1, 0.15) is 10.4 Å². The molecule has 1 aromatic heterocycles. The van der Waals surface area contributed by atoms with Gasteiger partial charge in [-0.25, -0.2) is 9.37 Å². The second kappa shape index (κ2) is 7.58. The zero-order valence-corrected chi connectivity index (χ0v) is 15.4. The highest BCUT2D eigenvalue weighted by Gasteiger charge is 2.09. The first kappa shape index (κ1) is 17.8. The molecule has 5 nitrogen and oxygen atoms in total. The Balaban J connectivity index is 1.41. The van der Waals surface area contributed by atoms with Crippen molar-refractivity contribution in [2.75, 3.05) is 5.32 Å². The summed E-state index contributed by atoms with van der Waals surface area (Å²) in [4.78, 5) is 20.0. The van der Waals surface area contributed by atoms with E-state index in [1.807, 2.05) is 48.5 Å². The van der Waals surface area contributed by atoms with Crippen molar-refractivity contribution < 1.29 is 9.18 Å². The number of aromatic amines is 1. The Morgan fingerprint density at radius 3 is 2.39 bits per heavy atom. The minimum atomic E-state index is -0.406. The van der Waals surface area contributed by atoms with E-state index in [9.17, 15) is 9.18 Å². The van der Waals surface area contributed by atoms with Crippen LogP contribution in [0.4, 0.5) is 10.1 Å². The van der Waals surface area contributed by atoms with Crippen molar-refractivity contribution in [3.8, 4) is 11.4 Å². The molecule has 0 bridgehead atoms. The van der Waals surface area contributed by atoms with E-state index in [2.05, 4.69) is 20.6 Å². The van der Waals surface area contributed by atoms with Gasteiger partial charge in [0.2, 0.25) is 0 Å². The standard InChI is InChI=1S/C21H15FN4OS/c22-15-9-5-14(6-10-15)20(27)26-21(28)23-16-11-7-13(8-12-16)19-24-17-3-1-2-4-18(17)25-19/h1-12H,(H,24,25)(H2,23,26,27,28). The Hall–Kier alpha value is -3.58. The van der Waals surface area contributed by atoms with Gasteiger partial charge in [0, 0.05) is 16.8 Å². The number of para-hydroxylation sites is 2. The highest BCUT2D eigenvalue weighted by Crippen LogP contribution is 2.22. The van der Waals surface area contributed by atoms with Crippen LogP contribution in [0.2, 0.25) is 0 Å². The molecule has 0 unspecified atom stereocenters. The number of imidazole rings is 1. The van der Waals surface area contributed by atoms with Crippen LogP contribution in [0, 0.1) is 5.82 Å². The summed E-state index contributed by atoms with van der Waals surface area (Å²) in [5.74, 6) is -0.0295. The van der Waals surface area contributed by atoms with Crippen molar-refractivity contribution in [2.24, 2.45) is 0 Å². The highest BCUT2D eigenvalue weighted by molar-refractivity contribution is 7.80. The molecular weight excluding hydrogens is 375 g/mol. The summed E-state index contributed by atoms with van der Waals surface area (Å²) in [6, 6.07) is 20.6. The topological polar surface area (TPSA) is 69.8 Å². The summed E-state index contributed by atoms with van der Waals surface area (Å²) in [6.45, 7) is 0. The highest BCUT2D eigenvalue weighted by atomic mass is 32.1. The molecule has 0 atom stereocenters. The third-order valence-corrected chi connectivity index (χ3v) is 4.34. The molecule has 0 saturated heterocycles. The molecule has 7 heteroatoms. The third-order valence-electron chi connectivity index (χ3n) is 4.14. The molecule has 0 aliphatic carbocycles. The van der Waals surface area contributed by atoms with Crippen LogP contribution < -0.4 is 10.6 Å². The van der Waals surface area contributed by atoms with Gasteiger partial charge < -0.3 is 10.3 Å². The third kappa shape index (κ3) is 3.89. The molecule has 0 aliphatic rings. The Morgan fingerprint density at radius 2 is 1.68 bits per heavy atom. The van der Waals surface area contributed by atoms with Gasteiger partial charge in [-0.05, 0) is 72.9 Å².